The zero-order valence-corrected chi connectivity index (χ0v) is 17.1. The monoisotopic (exact) mass is 416 g/mol. The number of hydrogen-bond donors (Lipinski definition) is 1. The number of carbonyl (C=O) groups excluding carboxylic acids is 1. The Morgan fingerprint density at radius 3 is 2.61 bits per heavy atom. The summed E-state index contributed by atoms with van der Waals surface area (Å²) in [6.07, 6.45) is 3.41. The number of aromatic nitrogens is 3. The Balaban J connectivity index is 1.26. The van der Waals surface area contributed by atoms with E-state index in [1.165, 1.54) is 0 Å². The number of fused-ring (bicyclic) bond motifs is 1. The van der Waals surface area contributed by atoms with E-state index in [1.807, 2.05) is 47.4 Å². The fourth-order valence-corrected chi connectivity index (χ4v) is 3.91. The van der Waals surface area contributed by atoms with Gasteiger partial charge >= 0.3 is 6.03 Å². The summed E-state index contributed by atoms with van der Waals surface area (Å²) in [7, 11) is 0. The first-order chi connectivity index (χ1) is 15.3. The zero-order valence-electron chi connectivity index (χ0n) is 17.1. The van der Waals surface area contributed by atoms with E-state index in [2.05, 4.69) is 31.9 Å². The van der Waals surface area contributed by atoms with Crippen LogP contribution in [0.5, 0.6) is 0 Å². The minimum atomic E-state index is -0.0585. The molecule has 0 unspecified atom stereocenters. The average Bonchev–Trinajstić information content (AvgIpc) is 3.46. The van der Waals surface area contributed by atoms with Crippen LogP contribution in [-0.2, 0) is 13.1 Å². The van der Waals surface area contributed by atoms with Gasteiger partial charge in [0.05, 0.1) is 19.4 Å². The summed E-state index contributed by atoms with van der Waals surface area (Å²) >= 11 is 0. The molecule has 8 heteroatoms. The third kappa shape index (κ3) is 4.15. The van der Waals surface area contributed by atoms with Crippen molar-refractivity contribution in [1.29, 1.82) is 0 Å². The van der Waals surface area contributed by atoms with Gasteiger partial charge in [0.25, 0.3) is 0 Å². The molecule has 5 rings (SSSR count). The SMILES string of the molecule is O=C(NCc1ccco1)N1CCN(Cc2nc3cccnc3n2-c2ccccc2)CC1. The van der Waals surface area contributed by atoms with Crippen LogP contribution < -0.4 is 5.32 Å². The van der Waals surface area contributed by atoms with Crippen LogP contribution >= 0.6 is 0 Å². The highest BCUT2D eigenvalue weighted by atomic mass is 16.3. The molecule has 0 aliphatic carbocycles. The number of nitrogens with one attached hydrogen (secondary N) is 1. The molecule has 158 valence electrons. The van der Waals surface area contributed by atoms with E-state index in [1.54, 1.807) is 12.5 Å². The van der Waals surface area contributed by atoms with E-state index in [0.717, 1.165) is 41.5 Å². The van der Waals surface area contributed by atoms with Crippen molar-refractivity contribution in [2.45, 2.75) is 13.1 Å². The minimum Gasteiger partial charge on any atom is -0.467 e. The number of carbonyl (C=O) groups is 1. The lowest BCUT2D eigenvalue weighted by molar-refractivity contribution is 0.132. The van der Waals surface area contributed by atoms with E-state index >= 15 is 0 Å². The molecule has 0 radical (unpaired) electrons. The Morgan fingerprint density at radius 2 is 1.84 bits per heavy atom. The molecule has 31 heavy (non-hydrogen) atoms. The first-order valence-electron chi connectivity index (χ1n) is 10.4. The quantitative estimate of drug-likeness (QED) is 0.541. The number of nitrogens with zero attached hydrogens (tertiary/aromatic N) is 5. The molecular formula is C23H24N6O2. The first-order valence-corrected chi connectivity index (χ1v) is 10.4. The number of piperazine rings is 1. The molecule has 0 bridgehead atoms. The molecule has 3 aromatic heterocycles. The molecule has 0 atom stereocenters. The lowest BCUT2D eigenvalue weighted by Gasteiger charge is -2.34. The van der Waals surface area contributed by atoms with Crippen molar-refractivity contribution in [3.05, 3.63) is 78.6 Å². The normalized spacial score (nSPS) is 14.8. The minimum absolute atomic E-state index is 0.0585. The van der Waals surface area contributed by atoms with Crippen LogP contribution in [0.4, 0.5) is 4.79 Å². The van der Waals surface area contributed by atoms with Gasteiger partial charge in [-0.25, -0.2) is 14.8 Å². The molecular weight excluding hydrogens is 392 g/mol. The van der Waals surface area contributed by atoms with E-state index in [4.69, 9.17) is 9.40 Å². The topological polar surface area (TPSA) is 79.4 Å². The highest BCUT2D eigenvalue weighted by Gasteiger charge is 2.23. The molecule has 1 aliphatic heterocycles. The summed E-state index contributed by atoms with van der Waals surface area (Å²) in [5.74, 6) is 1.70. The lowest BCUT2D eigenvalue weighted by Crippen LogP contribution is -2.51. The number of rotatable bonds is 5. The Labute approximate surface area is 180 Å². The van der Waals surface area contributed by atoms with Crippen molar-refractivity contribution in [1.82, 2.24) is 29.7 Å². The standard InChI is InChI=1S/C23H24N6O2/c30-23(25-16-19-8-5-15-31-19)28-13-11-27(12-14-28)17-21-26-20-9-4-10-24-22(20)29(21)18-6-2-1-3-7-18/h1-10,15H,11-14,16-17H2,(H,25,30). The molecule has 0 spiro atoms. The molecule has 1 saturated heterocycles. The molecule has 1 aliphatic rings. The van der Waals surface area contributed by atoms with E-state index < -0.39 is 0 Å². The number of para-hydroxylation sites is 1. The summed E-state index contributed by atoms with van der Waals surface area (Å²) in [4.78, 5) is 26.0. The summed E-state index contributed by atoms with van der Waals surface area (Å²) in [6, 6.07) is 17.7. The Morgan fingerprint density at radius 1 is 1.00 bits per heavy atom. The highest BCUT2D eigenvalue weighted by molar-refractivity contribution is 5.74. The number of amides is 2. The van der Waals surface area contributed by atoms with Gasteiger partial charge in [-0.05, 0) is 36.4 Å². The third-order valence-electron chi connectivity index (χ3n) is 5.52. The maximum atomic E-state index is 12.4. The van der Waals surface area contributed by atoms with Crippen LogP contribution in [0, 0.1) is 0 Å². The van der Waals surface area contributed by atoms with Crippen molar-refractivity contribution >= 4 is 17.2 Å². The lowest BCUT2D eigenvalue weighted by atomic mass is 10.3. The van der Waals surface area contributed by atoms with Crippen molar-refractivity contribution in [2.24, 2.45) is 0 Å². The number of hydrogen-bond acceptors (Lipinski definition) is 5. The molecule has 8 nitrogen and oxygen atoms in total. The predicted molar refractivity (Wildman–Crippen MR) is 117 cm³/mol. The van der Waals surface area contributed by atoms with Crippen LogP contribution in [0.15, 0.2) is 71.5 Å². The number of furan rings is 1. The molecule has 4 aromatic rings. The summed E-state index contributed by atoms with van der Waals surface area (Å²) in [5, 5.41) is 2.92. The molecule has 1 N–H and O–H groups in total. The zero-order chi connectivity index (χ0) is 21.0. The molecule has 2 amide bonds. The molecule has 1 fully saturated rings. The van der Waals surface area contributed by atoms with E-state index in [0.29, 0.717) is 26.2 Å². The number of pyridine rings is 1. The van der Waals surface area contributed by atoms with E-state index in [-0.39, 0.29) is 6.03 Å². The van der Waals surface area contributed by atoms with Crippen LogP contribution in [0.2, 0.25) is 0 Å². The Bertz CT molecular complexity index is 1150. The van der Waals surface area contributed by atoms with Gasteiger partial charge in [0.1, 0.15) is 17.1 Å². The Kier molecular flexibility index (Phi) is 5.37. The van der Waals surface area contributed by atoms with Gasteiger partial charge in [-0.15, -0.1) is 0 Å². The fourth-order valence-electron chi connectivity index (χ4n) is 3.91. The van der Waals surface area contributed by atoms with Crippen LogP contribution in [0.25, 0.3) is 16.9 Å². The van der Waals surface area contributed by atoms with Gasteiger partial charge in [-0.1, -0.05) is 18.2 Å². The van der Waals surface area contributed by atoms with Crippen molar-refractivity contribution < 1.29 is 9.21 Å². The smallest absolute Gasteiger partial charge is 0.317 e. The first kappa shape index (κ1) is 19.3. The van der Waals surface area contributed by atoms with Gasteiger partial charge < -0.3 is 14.6 Å². The second kappa shape index (κ2) is 8.61. The predicted octanol–water partition coefficient (Wildman–Crippen LogP) is 3.04. The van der Waals surface area contributed by atoms with Gasteiger partial charge in [0, 0.05) is 38.1 Å². The van der Waals surface area contributed by atoms with Gasteiger partial charge in [-0.2, -0.15) is 0 Å². The molecule has 1 aromatic carbocycles. The maximum absolute atomic E-state index is 12.4. The van der Waals surface area contributed by atoms with Crippen molar-refractivity contribution in [2.75, 3.05) is 26.2 Å². The maximum Gasteiger partial charge on any atom is 0.317 e. The molecule has 4 heterocycles. The average molecular weight is 416 g/mol. The summed E-state index contributed by atoms with van der Waals surface area (Å²) < 4.78 is 7.39. The number of urea groups is 1. The third-order valence-corrected chi connectivity index (χ3v) is 5.52. The Hall–Kier alpha value is -3.65. The van der Waals surface area contributed by atoms with Crippen LogP contribution in [-0.4, -0.2) is 56.5 Å². The van der Waals surface area contributed by atoms with Crippen molar-refractivity contribution in [3.8, 4) is 5.69 Å². The summed E-state index contributed by atoms with van der Waals surface area (Å²) in [6.45, 7) is 4.04. The number of benzene rings is 1. The highest BCUT2D eigenvalue weighted by Crippen LogP contribution is 2.21. The summed E-state index contributed by atoms with van der Waals surface area (Å²) in [5.41, 5.74) is 2.80. The second-order valence-corrected chi connectivity index (χ2v) is 7.55. The van der Waals surface area contributed by atoms with Crippen molar-refractivity contribution in [3.63, 3.8) is 0 Å². The largest absolute Gasteiger partial charge is 0.467 e. The van der Waals surface area contributed by atoms with Gasteiger partial charge in [0.2, 0.25) is 0 Å². The number of imidazole rings is 1. The van der Waals surface area contributed by atoms with Crippen LogP contribution in [0.3, 0.4) is 0 Å². The fraction of sp³-hybridized carbons (Fsp3) is 0.261. The van der Waals surface area contributed by atoms with Gasteiger partial charge in [0.15, 0.2) is 5.65 Å². The van der Waals surface area contributed by atoms with Crippen LogP contribution in [0.1, 0.15) is 11.6 Å². The molecule has 0 saturated carbocycles. The van der Waals surface area contributed by atoms with E-state index in [9.17, 15) is 4.79 Å². The second-order valence-electron chi connectivity index (χ2n) is 7.55. The van der Waals surface area contributed by atoms with Gasteiger partial charge in [-0.3, -0.25) is 9.47 Å².